The molecule has 0 radical (unpaired) electrons. The van der Waals surface area contributed by atoms with E-state index in [2.05, 4.69) is 23.1 Å². The molecule has 0 aromatic heterocycles. The summed E-state index contributed by atoms with van der Waals surface area (Å²) in [5.41, 5.74) is 2.25. The molecule has 0 bridgehead atoms. The Labute approximate surface area is 164 Å². The van der Waals surface area contributed by atoms with Gasteiger partial charge in [-0.25, -0.2) is 4.79 Å². The number of rotatable bonds is 5. The molecule has 0 aliphatic carbocycles. The van der Waals surface area contributed by atoms with Crippen LogP contribution in [0.2, 0.25) is 0 Å². The summed E-state index contributed by atoms with van der Waals surface area (Å²) in [4.78, 5) is 25.8. The van der Waals surface area contributed by atoms with E-state index < -0.39 is 11.9 Å². The number of hydrogen-bond acceptors (Lipinski definition) is 6. The van der Waals surface area contributed by atoms with Crippen molar-refractivity contribution in [2.45, 2.75) is 19.4 Å². The van der Waals surface area contributed by atoms with E-state index >= 15 is 0 Å². The summed E-state index contributed by atoms with van der Waals surface area (Å²) in [6, 6.07) is 17.4. The lowest BCUT2D eigenvalue weighted by molar-refractivity contribution is -0.131. The Morgan fingerprint density at radius 1 is 1.18 bits per heavy atom. The van der Waals surface area contributed by atoms with Gasteiger partial charge in [-0.05, 0) is 23.3 Å². The fourth-order valence-corrected chi connectivity index (χ4v) is 3.68. The van der Waals surface area contributed by atoms with Gasteiger partial charge >= 0.3 is 11.9 Å². The molecule has 0 amide bonds. The summed E-state index contributed by atoms with van der Waals surface area (Å²) in [6.45, 7) is 3.33. The fraction of sp³-hybridized carbons (Fsp3) is 0.318. The molecule has 28 heavy (non-hydrogen) atoms. The summed E-state index contributed by atoms with van der Waals surface area (Å²) in [5.74, 6) is -1.07. The number of esters is 2. The van der Waals surface area contributed by atoms with Crippen LogP contribution in [0.15, 0.2) is 48.5 Å². The molecule has 0 spiro atoms. The molecule has 6 heteroatoms. The Morgan fingerprint density at radius 2 is 1.93 bits per heavy atom. The highest BCUT2D eigenvalue weighted by molar-refractivity contribution is 5.92. The van der Waals surface area contributed by atoms with Crippen molar-refractivity contribution in [1.82, 2.24) is 4.90 Å². The first-order chi connectivity index (χ1) is 13.5. The van der Waals surface area contributed by atoms with Crippen molar-refractivity contribution in [3.05, 3.63) is 65.2 Å². The lowest BCUT2D eigenvalue weighted by Crippen LogP contribution is -2.20. The summed E-state index contributed by atoms with van der Waals surface area (Å²) in [7, 11) is 1.31. The largest absolute Gasteiger partial charge is 0.465 e. The zero-order valence-electron chi connectivity index (χ0n) is 15.9. The lowest BCUT2D eigenvalue weighted by Gasteiger charge is -2.18. The molecule has 2 aromatic rings. The Hall–Kier alpha value is -3.17. The minimum atomic E-state index is -0.512. The number of hydrogen-bond donors (Lipinski definition) is 0. The number of nitrogens with zero attached hydrogens (tertiary/aromatic N) is 2. The average Bonchev–Trinajstić information content (AvgIpc) is 3.10. The van der Waals surface area contributed by atoms with Crippen LogP contribution in [0.1, 0.15) is 34.3 Å². The molecular weight excluding hydrogens is 356 g/mol. The molecule has 1 aliphatic heterocycles. The number of benzene rings is 2. The van der Waals surface area contributed by atoms with Crippen molar-refractivity contribution in [3.63, 3.8) is 0 Å². The van der Waals surface area contributed by atoms with Crippen LogP contribution in [-0.4, -0.2) is 37.0 Å². The number of methoxy groups -OCH3 is 1. The van der Waals surface area contributed by atoms with Gasteiger partial charge in [0.15, 0.2) is 0 Å². The molecule has 1 saturated heterocycles. The maximum Gasteiger partial charge on any atom is 0.338 e. The van der Waals surface area contributed by atoms with Gasteiger partial charge in [-0.3, -0.25) is 9.69 Å². The highest BCUT2D eigenvalue weighted by Crippen LogP contribution is 2.36. The second kappa shape index (κ2) is 8.68. The van der Waals surface area contributed by atoms with E-state index in [-0.39, 0.29) is 17.6 Å². The molecule has 1 aliphatic rings. The zero-order valence-corrected chi connectivity index (χ0v) is 15.9. The summed E-state index contributed by atoms with van der Waals surface area (Å²) >= 11 is 0. The highest BCUT2D eigenvalue weighted by atomic mass is 16.5. The molecule has 0 saturated carbocycles. The van der Waals surface area contributed by atoms with Gasteiger partial charge in [-0.2, -0.15) is 5.26 Å². The van der Waals surface area contributed by atoms with Gasteiger partial charge in [0.05, 0.1) is 24.7 Å². The van der Waals surface area contributed by atoms with Crippen LogP contribution >= 0.6 is 0 Å². The molecule has 1 fully saturated rings. The van der Waals surface area contributed by atoms with E-state index in [1.165, 1.54) is 25.7 Å². The van der Waals surface area contributed by atoms with E-state index in [1.54, 1.807) is 12.1 Å². The molecule has 6 nitrogen and oxygen atoms in total. The van der Waals surface area contributed by atoms with Crippen molar-refractivity contribution >= 4 is 11.9 Å². The first kappa shape index (κ1) is 19.6. The molecule has 3 rings (SSSR count). The quantitative estimate of drug-likeness (QED) is 0.587. The predicted molar refractivity (Wildman–Crippen MR) is 103 cm³/mol. The monoisotopic (exact) mass is 378 g/mol. The third-order valence-electron chi connectivity index (χ3n) is 4.90. The number of carbonyl (C=O) groups is 2. The molecule has 0 N–H and O–H groups in total. The topological polar surface area (TPSA) is 79.6 Å². The first-order valence-electron chi connectivity index (χ1n) is 9.08. The second-order valence-corrected chi connectivity index (χ2v) is 6.86. The van der Waals surface area contributed by atoms with E-state index in [9.17, 15) is 14.9 Å². The minimum absolute atomic E-state index is 0.130. The standard InChI is InChI=1S/C22H22N2O4/c1-15(25)28-18-8-9-19(20(10-18)22(26)27-2)21-14-24(13-17(21)11-23)12-16-6-4-3-5-7-16/h3-10,17,21H,12-14H2,1-2H3. The Morgan fingerprint density at radius 3 is 2.57 bits per heavy atom. The van der Waals surface area contributed by atoms with Gasteiger partial charge < -0.3 is 9.47 Å². The molecule has 144 valence electrons. The van der Waals surface area contributed by atoms with Crippen LogP contribution in [0.3, 0.4) is 0 Å². The van der Waals surface area contributed by atoms with E-state index in [1.807, 2.05) is 18.2 Å². The van der Waals surface area contributed by atoms with Crippen molar-refractivity contribution in [1.29, 1.82) is 5.26 Å². The van der Waals surface area contributed by atoms with Gasteiger partial charge in [-0.15, -0.1) is 0 Å². The zero-order chi connectivity index (χ0) is 20.1. The van der Waals surface area contributed by atoms with Gasteiger partial charge in [0.2, 0.25) is 0 Å². The van der Waals surface area contributed by atoms with Crippen LogP contribution in [-0.2, 0) is 16.1 Å². The van der Waals surface area contributed by atoms with Crippen LogP contribution < -0.4 is 4.74 Å². The van der Waals surface area contributed by atoms with E-state index in [0.29, 0.717) is 18.7 Å². The number of likely N-dealkylation sites (tertiary alicyclic amines) is 1. The van der Waals surface area contributed by atoms with E-state index in [4.69, 9.17) is 9.47 Å². The van der Waals surface area contributed by atoms with Gasteiger partial charge in [-0.1, -0.05) is 36.4 Å². The Balaban J connectivity index is 1.89. The van der Waals surface area contributed by atoms with Crippen LogP contribution in [0.4, 0.5) is 0 Å². The maximum absolute atomic E-state index is 12.3. The van der Waals surface area contributed by atoms with Crippen molar-refractivity contribution in [3.8, 4) is 11.8 Å². The van der Waals surface area contributed by atoms with Crippen molar-refractivity contribution < 1.29 is 19.1 Å². The van der Waals surface area contributed by atoms with Crippen LogP contribution in [0, 0.1) is 17.2 Å². The van der Waals surface area contributed by atoms with Gasteiger partial charge in [0, 0.05) is 32.5 Å². The molecule has 2 atom stereocenters. The highest BCUT2D eigenvalue weighted by Gasteiger charge is 2.36. The van der Waals surface area contributed by atoms with Crippen molar-refractivity contribution in [2.75, 3.05) is 20.2 Å². The normalized spacial score (nSPS) is 19.0. The SMILES string of the molecule is COC(=O)c1cc(OC(C)=O)ccc1C1CN(Cc2ccccc2)CC1C#N. The minimum Gasteiger partial charge on any atom is -0.465 e. The number of carbonyl (C=O) groups excluding carboxylic acids is 2. The van der Waals surface area contributed by atoms with Crippen molar-refractivity contribution in [2.24, 2.45) is 5.92 Å². The molecule has 1 heterocycles. The van der Waals surface area contributed by atoms with Gasteiger partial charge in [0.25, 0.3) is 0 Å². The first-order valence-corrected chi connectivity index (χ1v) is 9.08. The summed E-state index contributed by atoms with van der Waals surface area (Å²) < 4.78 is 10.0. The molecular formula is C22H22N2O4. The lowest BCUT2D eigenvalue weighted by atomic mass is 9.86. The van der Waals surface area contributed by atoms with Gasteiger partial charge in [0.1, 0.15) is 5.75 Å². The fourth-order valence-electron chi connectivity index (χ4n) is 3.68. The van der Waals surface area contributed by atoms with Crippen LogP contribution in [0.5, 0.6) is 5.75 Å². The smallest absolute Gasteiger partial charge is 0.338 e. The summed E-state index contributed by atoms with van der Waals surface area (Å²) in [6.07, 6.45) is 0. The number of ether oxygens (including phenoxy) is 2. The maximum atomic E-state index is 12.3. The average molecular weight is 378 g/mol. The Bertz CT molecular complexity index is 904. The third kappa shape index (κ3) is 4.38. The van der Waals surface area contributed by atoms with Crippen LogP contribution in [0.25, 0.3) is 0 Å². The predicted octanol–water partition coefficient (Wildman–Crippen LogP) is 3.14. The summed E-state index contributed by atoms with van der Waals surface area (Å²) in [5, 5.41) is 9.68. The Kier molecular flexibility index (Phi) is 6.07. The third-order valence-corrected chi connectivity index (χ3v) is 4.90. The second-order valence-electron chi connectivity index (χ2n) is 6.86. The van der Waals surface area contributed by atoms with E-state index in [0.717, 1.165) is 12.1 Å². The molecule has 2 unspecified atom stereocenters. The number of nitriles is 1. The molecule has 2 aromatic carbocycles.